The molecule has 0 radical (unpaired) electrons. The predicted molar refractivity (Wildman–Crippen MR) is 65.2 cm³/mol. The van der Waals surface area contributed by atoms with Crippen molar-refractivity contribution in [2.75, 3.05) is 33.7 Å². The third kappa shape index (κ3) is 9.40. The second kappa shape index (κ2) is 8.29. The number of hydrogen-bond donors (Lipinski definition) is 4. The van der Waals surface area contributed by atoms with Gasteiger partial charge in [-0.05, 0) is 21.0 Å². The van der Waals surface area contributed by atoms with Gasteiger partial charge in [0.2, 0.25) is 5.91 Å². The van der Waals surface area contributed by atoms with Crippen LogP contribution in [0.3, 0.4) is 0 Å². The molecular formula is C10H20N4O4. The van der Waals surface area contributed by atoms with Gasteiger partial charge in [0, 0.05) is 12.6 Å². The quantitative estimate of drug-likeness (QED) is 0.442. The van der Waals surface area contributed by atoms with Gasteiger partial charge in [0.1, 0.15) is 6.54 Å². The van der Waals surface area contributed by atoms with Crippen LogP contribution < -0.4 is 16.0 Å². The molecule has 8 heteroatoms. The lowest BCUT2D eigenvalue weighted by Gasteiger charge is -2.18. The van der Waals surface area contributed by atoms with Crippen molar-refractivity contribution in [3.8, 4) is 0 Å². The lowest BCUT2D eigenvalue weighted by molar-refractivity contribution is -0.137. The van der Waals surface area contributed by atoms with Crippen LogP contribution in [0.15, 0.2) is 0 Å². The molecule has 18 heavy (non-hydrogen) atoms. The highest BCUT2D eigenvalue weighted by Gasteiger charge is 2.09. The number of carbonyl (C=O) groups is 3. The number of urea groups is 1. The van der Waals surface area contributed by atoms with E-state index >= 15 is 0 Å². The van der Waals surface area contributed by atoms with E-state index in [1.165, 1.54) is 0 Å². The summed E-state index contributed by atoms with van der Waals surface area (Å²) in [6, 6.07) is -0.517. The standard InChI is InChI=1S/C10H20N4O4/c1-7(6-14(2)3)13-10(18)12-4-8(15)11-5-9(16)17/h7H,4-6H2,1-3H3,(H,11,15)(H,16,17)(H2,12,13,18). The number of nitrogens with zero attached hydrogens (tertiary/aromatic N) is 1. The molecule has 4 N–H and O–H groups in total. The number of carboxylic acid groups (broad SMARTS) is 1. The molecule has 0 saturated carbocycles. The zero-order chi connectivity index (χ0) is 14.1. The molecule has 1 atom stereocenters. The minimum Gasteiger partial charge on any atom is -0.480 e. The summed E-state index contributed by atoms with van der Waals surface area (Å²) in [5.41, 5.74) is 0. The Morgan fingerprint density at radius 1 is 1.17 bits per heavy atom. The van der Waals surface area contributed by atoms with Crippen molar-refractivity contribution in [3.05, 3.63) is 0 Å². The SMILES string of the molecule is CC(CN(C)C)NC(=O)NCC(=O)NCC(=O)O. The number of hydrogen-bond acceptors (Lipinski definition) is 4. The summed E-state index contributed by atoms with van der Waals surface area (Å²) in [6.07, 6.45) is 0. The van der Waals surface area contributed by atoms with E-state index in [9.17, 15) is 14.4 Å². The first kappa shape index (κ1) is 16.2. The minimum atomic E-state index is -1.13. The van der Waals surface area contributed by atoms with Crippen molar-refractivity contribution in [3.63, 3.8) is 0 Å². The summed E-state index contributed by atoms with van der Waals surface area (Å²) in [5, 5.41) is 15.4. The number of carboxylic acids is 1. The number of rotatable bonds is 7. The van der Waals surface area contributed by atoms with Crippen LogP contribution >= 0.6 is 0 Å². The Labute approximate surface area is 106 Å². The zero-order valence-electron chi connectivity index (χ0n) is 10.8. The molecular weight excluding hydrogens is 240 g/mol. The molecule has 0 spiro atoms. The number of carbonyl (C=O) groups excluding carboxylic acids is 2. The van der Waals surface area contributed by atoms with E-state index < -0.39 is 24.5 Å². The van der Waals surface area contributed by atoms with Gasteiger partial charge >= 0.3 is 12.0 Å². The molecule has 0 aromatic heterocycles. The van der Waals surface area contributed by atoms with Gasteiger partial charge in [-0.2, -0.15) is 0 Å². The Bertz CT molecular complexity index is 306. The van der Waals surface area contributed by atoms with E-state index in [0.717, 1.165) is 0 Å². The largest absolute Gasteiger partial charge is 0.480 e. The normalized spacial score (nSPS) is 11.8. The fourth-order valence-electron chi connectivity index (χ4n) is 1.27. The second-order valence-corrected chi connectivity index (χ2v) is 4.16. The third-order valence-electron chi connectivity index (χ3n) is 1.86. The van der Waals surface area contributed by atoms with Gasteiger partial charge in [0.15, 0.2) is 0 Å². The molecule has 1 unspecified atom stereocenters. The Morgan fingerprint density at radius 3 is 2.28 bits per heavy atom. The molecule has 0 aromatic rings. The van der Waals surface area contributed by atoms with Crippen molar-refractivity contribution in [2.45, 2.75) is 13.0 Å². The maximum Gasteiger partial charge on any atom is 0.322 e. The van der Waals surface area contributed by atoms with Crippen LogP contribution in [0, 0.1) is 0 Å². The summed E-state index contributed by atoms with van der Waals surface area (Å²) < 4.78 is 0. The molecule has 0 heterocycles. The van der Waals surface area contributed by atoms with Gasteiger partial charge in [-0.25, -0.2) is 4.79 Å². The van der Waals surface area contributed by atoms with Crippen LogP contribution in [0.4, 0.5) is 4.79 Å². The monoisotopic (exact) mass is 260 g/mol. The van der Waals surface area contributed by atoms with Gasteiger partial charge in [0.25, 0.3) is 0 Å². The van der Waals surface area contributed by atoms with Crippen LogP contribution in [0.25, 0.3) is 0 Å². The summed E-state index contributed by atoms with van der Waals surface area (Å²) in [4.78, 5) is 34.5. The average Bonchev–Trinajstić information content (AvgIpc) is 2.22. The lowest BCUT2D eigenvalue weighted by Crippen LogP contribution is -2.47. The maximum atomic E-state index is 11.3. The Kier molecular flexibility index (Phi) is 7.45. The maximum absolute atomic E-state index is 11.3. The van der Waals surface area contributed by atoms with Crippen molar-refractivity contribution in [2.24, 2.45) is 0 Å². The highest BCUT2D eigenvalue weighted by molar-refractivity contribution is 5.86. The van der Waals surface area contributed by atoms with Crippen LogP contribution in [-0.4, -0.2) is 67.7 Å². The Balaban J connectivity index is 3.76. The Hall–Kier alpha value is -1.83. The fourth-order valence-corrected chi connectivity index (χ4v) is 1.27. The first-order valence-electron chi connectivity index (χ1n) is 5.49. The van der Waals surface area contributed by atoms with Crippen molar-refractivity contribution in [1.82, 2.24) is 20.9 Å². The van der Waals surface area contributed by atoms with Crippen molar-refractivity contribution in [1.29, 1.82) is 0 Å². The summed E-state index contributed by atoms with van der Waals surface area (Å²) >= 11 is 0. The summed E-state index contributed by atoms with van der Waals surface area (Å²) in [5.74, 6) is -1.68. The van der Waals surface area contributed by atoms with Crippen LogP contribution in [0.1, 0.15) is 6.92 Å². The molecule has 0 bridgehead atoms. The molecule has 0 aliphatic heterocycles. The molecule has 0 aliphatic carbocycles. The number of amides is 3. The first-order chi connectivity index (χ1) is 8.31. The van der Waals surface area contributed by atoms with Crippen molar-refractivity contribution < 1.29 is 19.5 Å². The lowest BCUT2D eigenvalue weighted by atomic mass is 10.3. The Morgan fingerprint density at radius 2 is 1.78 bits per heavy atom. The van der Waals surface area contributed by atoms with E-state index in [4.69, 9.17) is 5.11 Å². The van der Waals surface area contributed by atoms with Gasteiger partial charge in [-0.3, -0.25) is 9.59 Å². The van der Waals surface area contributed by atoms with E-state index in [1.54, 1.807) is 0 Å². The number of nitrogens with one attached hydrogen (secondary N) is 3. The van der Waals surface area contributed by atoms with E-state index in [1.807, 2.05) is 25.9 Å². The fraction of sp³-hybridized carbons (Fsp3) is 0.700. The second-order valence-electron chi connectivity index (χ2n) is 4.16. The molecule has 104 valence electrons. The van der Waals surface area contributed by atoms with Gasteiger partial charge in [-0.15, -0.1) is 0 Å². The molecule has 8 nitrogen and oxygen atoms in total. The minimum absolute atomic E-state index is 0.0536. The average molecular weight is 260 g/mol. The van der Waals surface area contributed by atoms with Crippen molar-refractivity contribution >= 4 is 17.9 Å². The summed E-state index contributed by atoms with van der Waals surface area (Å²) in [7, 11) is 3.77. The van der Waals surface area contributed by atoms with Gasteiger partial charge in [-0.1, -0.05) is 0 Å². The van der Waals surface area contributed by atoms with Gasteiger partial charge in [0.05, 0.1) is 6.54 Å². The molecule has 3 amide bonds. The molecule has 0 fully saturated rings. The van der Waals surface area contributed by atoms with E-state index in [2.05, 4.69) is 16.0 Å². The molecule has 0 saturated heterocycles. The highest BCUT2D eigenvalue weighted by Crippen LogP contribution is 1.84. The van der Waals surface area contributed by atoms with Crippen LogP contribution in [-0.2, 0) is 9.59 Å². The highest BCUT2D eigenvalue weighted by atomic mass is 16.4. The number of aliphatic carboxylic acids is 1. The van der Waals surface area contributed by atoms with E-state index in [-0.39, 0.29) is 12.6 Å². The van der Waals surface area contributed by atoms with Gasteiger partial charge < -0.3 is 26.0 Å². The predicted octanol–water partition coefficient (Wildman–Crippen LogP) is -1.56. The topological polar surface area (TPSA) is 111 Å². The first-order valence-corrected chi connectivity index (χ1v) is 5.49. The van der Waals surface area contributed by atoms with Crippen LogP contribution in [0.2, 0.25) is 0 Å². The zero-order valence-corrected chi connectivity index (χ0v) is 10.8. The molecule has 0 rings (SSSR count). The smallest absolute Gasteiger partial charge is 0.322 e. The molecule has 0 aliphatic rings. The van der Waals surface area contributed by atoms with Crippen LogP contribution in [0.5, 0.6) is 0 Å². The summed E-state index contributed by atoms with van der Waals surface area (Å²) in [6.45, 7) is 1.80. The third-order valence-corrected chi connectivity index (χ3v) is 1.86. The molecule has 0 aromatic carbocycles. The number of likely N-dealkylation sites (N-methyl/N-ethyl adjacent to an activating group) is 1. The van der Waals surface area contributed by atoms with E-state index in [0.29, 0.717) is 6.54 Å².